The number of amides is 3. The highest BCUT2D eigenvalue weighted by Gasteiger charge is 2.44. The van der Waals surface area contributed by atoms with Gasteiger partial charge in [-0.15, -0.1) is 11.3 Å². The van der Waals surface area contributed by atoms with Crippen molar-refractivity contribution >= 4 is 92.8 Å². The molecule has 6 aliphatic rings. The van der Waals surface area contributed by atoms with Gasteiger partial charge in [0.2, 0.25) is 29.4 Å². The SMILES string of the molecule is C=S1(=O)CCC(C(=O)N2CCN(c3cc(C(F)(F)F)on3)CC2c2ccccc2F)CC1.C=S1(=O)CCC(C(=O)N2CCN(c3cnc(C(F)(F)F)cn3)CC2c2ncc(C)s2)CC1.C=S1(=O)CCC(C(=O)N2CCN(c3ncc(C(F)(F)F)cn3)CC2c2ccc(F)cc2)CC1. The molecule has 0 N–H and O–H groups in total. The summed E-state index contributed by atoms with van der Waals surface area (Å²) < 4.78 is 185. The summed E-state index contributed by atoms with van der Waals surface area (Å²) in [5.74, 6) is 11.0. The van der Waals surface area contributed by atoms with E-state index < -0.39 is 87.8 Å². The Bertz CT molecular complexity index is 4080. The number of piperazine rings is 3. The van der Waals surface area contributed by atoms with Crippen LogP contribution in [0.2, 0.25) is 0 Å². The summed E-state index contributed by atoms with van der Waals surface area (Å²) in [5.41, 5.74) is -0.990. The minimum Gasteiger partial charge on any atom is -0.351 e. The van der Waals surface area contributed by atoms with Crippen molar-refractivity contribution in [3.05, 3.63) is 135 Å². The molecule has 12 rings (SSSR count). The first-order valence-corrected chi connectivity index (χ1v) is 38.0. The summed E-state index contributed by atoms with van der Waals surface area (Å²) in [6.45, 7) is 4.47. The van der Waals surface area contributed by atoms with Crippen LogP contribution in [0.3, 0.4) is 0 Å². The van der Waals surface area contributed by atoms with Crippen molar-refractivity contribution in [1.82, 2.24) is 44.8 Å². The van der Waals surface area contributed by atoms with E-state index in [9.17, 15) is 75.3 Å². The van der Waals surface area contributed by atoms with E-state index in [0.29, 0.717) is 117 Å². The number of hydrogen-bond acceptors (Lipinski definition) is 17. The first-order chi connectivity index (χ1) is 45.6. The van der Waals surface area contributed by atoms with Crippen molar-refractivity contribution < 1.29 is 79.8 Å². The lowest BCUT2D eigenvalue weighted by Crippen LogP contribution is -2.53. The Labute approximate surface area is 557 Å². The second kappa shape index (κ2) is 29.2. The van der Waals surface area contributed by atoms with Crippen LogP contribution in [0.5, 0.6) is 0 Å². The van der Waals surface area contributed by atoms with Crippen LogP contribution < -0.4 is 14.7 Å². The van der Waals surface area contributed by atoms with E-state index in [4.69, 9.17) is 0 Å². The van der Waals surface area contributed by atoms with Crippen molar-refractivity contribution in [2.75, 3.05) is 108 Å². The number of carbonyl (C=O) groups excluding carboxylic acids is 3. The van der Waals surface area contributed by atoms with Gasteiger partial charge in [-0.25, -0.2) is 33.7 Å². The molecule has 6 saturated heterocycles. The minimum atomic E-state index is -4.66. The molecule has 19 nitrogen and oxygen atoms in total. The zero-order valence-corrected chi connectivity index (χ0v) is 55.8. The van der Waals surface area contributed by atoms with E-state index in [2.05, 4.69) is 52.2 Å². The quantitative estimate of drug-likeness (QED) is 0.0974. The lowest BCUT2D eigenvalue weighted by atomic mass is 9.96. The Morgan fingerprint density at radius 3 is 1.45 bits per heavy atom. The van der Waals surface area contributed by atoms with Gasteiger partial charge < -0.3 is 33.9 Å². The fourth-order valence-corrected chi connectivity index (χ4v) is 18.4. The smallest absolute Gasteiger partial charge is 0.351 e. The second-order valence-electron chi connectivity index (χ2n) is 24.9. The van der Waals surface area contributed by atoms with E-state index in [0.717, 1.165) is 40.7 Å². The number of alkyl halides is 9. The standard InChI is InChI=1S/C22H24F4N4O2S.C21H23F4N3O3S.C20H24F3N5O2S2/c1-33(32)10-6-16(7-11-33)20(31)30-9-8-29(14-19(30)15-2-4-18(23)5-3-15)21-27-12-17(13-28-21)22(24,25)26;1-32(30)10-6-14(7-11-32)20(29)28-9-8-27(19-12-18(31-26-19)21(23,24)25)13-17(28)15-4-2-3-5-16(15)22;1-13-9-26-18(31-13)15-12-27(17-11-24-16(10-25-17)20(21,22)23)5-6-28(15)19(29)14-3-7-32(2,30)8-4-14/h2-5,12-13,16,19H,1,6-11,14H2;2-5,12,14,17H,1,6-11,13H2;9-11,14-15H,2-8,12H2,1H3. The Hall–Kier alpha value is -7.46. The maximum atomic E-state index is 14.7. The lowest BCUT2D eigenvalue weighted by molar-refractivity contribution is -0.155. The number of aryl methyl sites for hydroxylation is 1. The number of anilines is 3. The van der Waals surface area contributed by atoms with Crippen LogP contribution in [-0.4, -0.2) is 186 Å². The van der Waals surface area contributed by atoms with Crippen molar-refractivity contribution in [2.24, 2.45) is 17.8 Å². The van der Waals surface area contributed by atoms with E-state index >= 15 is 0 Å². The van der Waals surface area contributed by atoms with Crippen molar-refractivity contribution in [3.8, 4) is 0 Å². The third kappa shape index (κ3) is 17.9. The minimum absolute atomic E-state index is 0.0101. The number of hydrogen-bond donors (Lipinski definition) is 0. The molecule has 6 aromatic rings. The molecule has 10 heterocycles. The number of aromatic nitrogens is 6. The highest BCUT2D eigenvalue weighted by atomic mass is 32.2. The average Bonchev–Trinajstić information content (AvgIpc) is 1.67. The molecule has 0 spiro atoms. The molecular weight excluding hydrogens is 1370 g/mol. The Morgan fingerprint density at radius 2 is 1.00 bits per heavy atom. The van der Waals surface area contributed by atoms with Crippen molar-refractivity contribution in [3.63, 3.8) is 0 Å². The van der Waals surface area contributed by atoms with Gasteiger partial charge in [0.05, 0.1) is 30.0 Å². The molecule has 0 radical (unpaired) electrons. The largest absolute Gasteiger partial charge is 0.452 e. The number of nitrogens with zero attached hydrogens (tertiary/aromatic N) is 12. The van der Waals surface area contributed by atoms with E-state index in [1.807, 2.05) is 16.7 Å². The Kier molecular flexibility index (Phi) is 21.7. The van der Waals surface area contributed by atoms with Crippen LogP contribution in [0.25, 0.3) is 0 Å². The lowest BCUT2D eigenvalue weighted by Gasteiger charge is -2.43. The molecule has 6 aliphatic heterocycles. The van der Waals surface area contributed by atoms with Gasteiger partial charge in [0.15, 0.2) is 11.5 Å². The van der Waals surface area contributed by atoms with Crippen LogP contribution in [0.1, 0.15) is 94.7 Å². The van der Waals surface area contributed by atoms with Gasteiger partial charge in [-0.2, -0.15) is 39.5 Å². The molecule has 34 heteroatoms. The number of thiazole rings is 1. The molecule has 2 aromatic carbocycles. The van der Waals surface area contributed by atoms with E-state index in [1.54, 1.807) is 50.1 Å². The molecule has 6 fully saturated rings. The maximum Gasteiger partial charge on any atom is 0.452 e. The predicted octanol–water partition coefficient (Wildman–Crippen LogP) is 9.28. The second-order valence-corrected chi connectivity index (χ2v) is 34.4. The molecule has 0 bridgehead atoms. The highest BCUT2D eigenvalue weighted by molar-refractivity contribution is 8.00. The third-order valence-electron chi connectivity index (χ3n) is 18.1. The summed E-state index contributed by atoms with van der Waals surface area (Å²) in [6.07, 6.45) is -5.66. The zero-order valence-electron chi connectivity index (χ0n) is 52.5. The molecule has 3 atom stereocenters. The molecule has 97 heavy (non-hydrogen) atoms. The molecule has 0 saturated carbocycles. The fourth-order valence-electron chi connectivity index (χ4n) is 12.6. The molecule has 3 unspecified atom stereocenters. The first kappa shape index (κ1) is 72.3. The summed E-state index contributed by atoms with van der Waals surface area (Å²) in [4.78, 5) is 71.0. The molecular formula is C63H71F11N12O7S4. The zero-order chi connectivity index (χ0) is 70.0. The molecule has 526 valence electrons. The van der Waals surface area contributed by atoms with E-state index in [1.165, 1.54) is 35.6 Å². The van der Waals surface area contributed by atoms with Gasteiger partial charge in [0.1, 0.15) is 28.5 Å². The Balaban J connectivity index is 0.000000158. The number of carbonyl (C=O) groups is 3. The number of halogens is 11. The maximum absolute atomic E-state index is 14.7. The number of benzene rings is 2. The summed E-state index contributed by atoms with van der Waals surface area (Å²) >= 11 is 1.49. The third-order valence-corrected chi connectivity index (χ3v) is 25.0. The monoisotopic (exact) mass is 1440 g/mol. The summed E-state index contributed by atoms with van der Waals surface area (Å²) in [5, 5.41) is 4.30. The van der Waals surface area contributed by atoms with Crippen molar-refractivity contribution in [1.29, 1.82) is 0 Å². The van der Waals surface area contributed by atoms with Gasteiger partial charge >= 0.3 is 18.5 Å². The summed E-state index contributed by atoms with van der Waals surface area (Å²) in [7, 11) is -6.37. The Morgan fingerprint density at radius 1 is 0.526 bits per heavy atom. The van der Waals surface area contributed by atoms with Gasteiger partial charge in [-0.1, -0.05) is 35.5 Å². The first-order valence-electron chi connectivity index (χ1n) is 31.0. The van der Waals surface area contributed by atoms with Crippen LogP contribution in [0.15, 0.2) is 90.1 Å². The number of rotatable bonds is 9. The van der Waals surface area contributed by atoms with Crippen LogP contribution in [-0.2, 0) is 61.5 Å². The summed E-state index contributed by atoms with van der Waals surface area (Å²) in [6, 6.07) is 11.1. The normalized spacial score (nSPS) is 26.7. The predicted molar refractivity (Wildman–Crippen MR) is 348 cm³/mol. The average molecular weight is 1450 g/mol. The van der Waals surface area contributed by atoms with Gasteiger partial charge in [0.25, 0.3) is 0 Å². The highest BCUT2D eigenvalue weighted by Crippen LogP contribution is 2.39. The fraction of sp³-hybridized carbons (Fsp3) is 0.492. The molecule has 4 aromatic heterocycles. The topological polar surface area (TPSA) is 212 Å². The van der Waals surface area contributed by atoms with E-state index in [-0.39, 0.29) is 85.0 Å². The van der Waals surface area contributed by atoms with Crippen molar-refractivity contribution in [2.45, 2.75) is 82.1 Å². The van der Waals surface area contributed by atoms with Crippen LogP contribution in [0.4, 0.5) is 65.9 Å². The van der Waals surface area contributed by atoms with Gasteiger partial charge in [-0.3, -0.25) is 27.0 Å². The molecule has 3 amide bonds. The van der Waals surface area contributed by atoms with Gasteiger partial charge in [-0.05, 0) is 115 Å². The molecule has 0 aliphatic carbocycles. The van der Waals surface area contributed by atoms with Crippen LogP contribution >= 0.6 is 11.3 Å². The van der Waals surface area contributed by atoms with Crippen LogP contribution in [0, 0.1) is 36.3 Å². The van der Waals surface area contributed by atoms with Gasteiger partial charge in [0, 0.05) is 146 Å².